The van der Waals surface area contributed by atoms with Gasteiger partial charge in [0.25, 0.3) is 0 Å². The van der Waals surface area contributed by atoms with Gasteiger partial charge in [-0.1, -0.05) is 35.9 Å². The molecule has 4 heteroatoms. The topological polar surface area (TPSA) is 17.8 Å². The van der Waals surface area contributed by atoms with E-state index in [1.54, 1.807) is 0 Å². The Morgan fingerprint density at radius 1 is 1.35 bits per heavy atom. The second-order valence-corrected chi connectivity index (χ2v) is 6.42. The molecular formula is C16H18Cl2N2. The van der Waals surface area contributed by atoms with Crippen molar-refractivity contribution in [1.29, 1.82) is 0 Å². The summed E-state index contributed by atoms with van der Waals surface area (Å²) in [5, 5.41) is 5.24. The molecule has 1 aliphatic carbocycles. The molecule has 0 fully saturated rings. The van der Waals surface area contributed by atoms with Gasteiger partial charge in [-0.2, -0.15) is 5.10 Å². The van der Waals surface area contributed by atoms with E-state index in [1.165, 1.54) is 11.1 Å². The Bertz CT molecular complexity index is 633. The minimum Gasteiger partial charge on any atom is -0.271 e. The molecule has 2 unspecified atom stereocenters. The number of hydrogen-bond acceptors (Lipinski definition) is 1. The van der Waals surface area contributed by atoms with Gasteiger partial charge >= 0.3 is 0 Å². The summed E-state index contributed by atoms with van der Waals surface area (Å²) in [4.78, 5) is 0. The molecule has 2 aromatic rings. The highest BCUT2D eigenvalue weighted by Crippen LogP contribution is 2.41. The third kappa shape index (κ3) is 2.36. The van der Waals surface area contributed by atoms with E-state index in [-0.39, 0.29) is 5.38 Å². The predicted octanol–water partition coefficient (Wildman–Crippen LogP) is 4.47. The Kier molecular flexibility index (Phi) is 3.78. The van der Waals surface area contributed by atoms with Crippen LogP contribution in [-0.4, -0.2) is 9.78 Å². The third-order valence-corrected chi connectivity index (χ3v) is 5.35. The van der Waals surface area contributed by atoms with Crippen LogP contribution in [0, 0.1) is 12.8 Å². The highest BCUT2D eigenvalue weighted by molar-refractivity contribution is 6.31. The van der Waals surface area contributed by atoms with Gasteiger partial charge < -0.3 is 0 Å². The first kappa shape index (κ1) is 14.0. The lowest BCUT2D eigenvalue weighted by Crippen LogP contribution is -2.20. The maximum atomic E-state index is 6.70. The lowest BCUT2D eigenvalue weighted by Gasteiger charge is -2.29. The molecule has 2 nitrogen and oxygen atoms in total. The fraction of sp³-hybridized carbons (Fsp3) is 0.438. The monoisotopic (exact) mass is 308 g/mol. The second-order valence-electron chi connectivity index (χ2n) is 5.57. The van der Waals surface area contributed by atoms with Crippen LogP contribution in [0.5, 0.6) is 0 Å². The molecule has 3 rings (SSSR count). The van der Waals surface area contributed by atoms with Crippen molar-refractivity contribution in [2.45, 2.75) is 31.6 Å². The number of alkyl halides is 1. The number of benzene rings is 1. The molecule has 0 spiro atoms. The van der Waals surface area contributed by atoms with E-state index in [2.05, 4.69) is 29.4 Å². The minimum absolute atomic E-state index is 0.0613. The number of rotatable bonds is 2. The van der Waals surface area contributed by atoms with Crippen molar-refractivity contribution in [3.05, 3.63) is 51.8 Å². The van der Waals surface area contributed by atoms with Crippen LogP contribution in [0.3, 0.4) is 0 Å². The Morgan fingerprint density at radius 2 is 2.10 bits per heavy atom. The molecule has 0 saturated carbocycles. The predicted molar refractivity (Wildman–Crippen MR) is 83.5 cm³/mol. The third-order valence-electron chi connectivity index (χ3n) is 4.27. The van der Waals surface area contributed by atoms with Crippen LogP contribution < -0.4 is 0 Å². The van der Waals surface area contributed by atoms with Crippen LogP contribution in [0.4, 0.5) is 0 Å². The summed E-state index contributed by atoms with van der Waals surface area (Å²) in [5.41, 5.74) is 4.65. The van der Waals surface area contributed by atoms with Crippen molar-refractivity contribution in [2.75, 3.05) is 0 Å². The van der Waals surface area contributed by atoms with Crippen molar-refractivity contribution in [1.82, 2.24) is 9.78 Å². The summed E-state index contributed by atoms with van der Waals surface area (Å²) >= 11 is 13.1. The van der Waals surface area contributed by atoms with E-state index >= 15 is 0 Å². The molecule has 0 saturated heterocycles. The van der Waals surface area contributed by atoms with Gasteiger partial charge in [-0.05, 0) is 43.2 Å². The normalized spacial score (nSPS) is 21.8. The number of hydrogen-bond donors (Lipinski definition) is 0. The van der Waals surface area contributed by atoms with Gasteiger partial charge in [0.1, 0.15) is 0 Å². The first-order valence-electron chi connectivity index (χ1n) is 6.97. The summed E-state index contributed by atoms with van der Waals surface area (Å²) in [6.45, 7) is 1.94. The molecule has 0 amide bonds. The highest BCUT2D eigenvalue weighted by Gasteiger charge is 2.29. The van der Waals surface area contributed by atoms with Gasteiger partial charge in [-0.15, -0.1) is 11.6 Å². The molecule has 0 bridgehead atoms. The van der Waals surface area contributed by atoms with Gasteiger partial charge in [0.05, 0.1) is 21.8 Å². The average molecular weight is 309 g/mol. The quantitative estimate of drug-likeness (QED) is 0.749. The Hall–Kier alpha value is -0.990. The minimum atomic E-state index is 0.0613. The molecule has 1 aromatic carbocycles. The van der Waals surface area contributed by atoms with E-state index in [0.29, 0.717) is 5.92 Å². The Labute approximate surface area is 129 Å². The standard InChI is InChI=1S/C16H18Cl2N2/c1-10-15(17)14(20(2)19-10)9-12-8-7-11-5-3-4-6-13(11)16(12)18/h3-6,12,16H,7-9H2,1-2H3. The molecule has 2 atom stereocenters. The van der Waals surface area contributed by atoms with Gasteiger partial charge in [0.2, 0.25) is 0 Å². The van der Waals surface area contributed by atoms with E-state index in [1.807, 2.05) is 18.7 Å². The number of halogens is 2. The molecule has 1 aliphatic rings. The van der Waals surface area contributed by atoms with Crippen molar-refractivity contribution in [3.8, 4) is 0 Å². The van der Waals surface area contributed by atoms with Crippen molar-refractivity contribution >= 4 is 23.2 Å². The lowest BCUT2D eigenvalue weighted by atomic mass is 9.81. The van der Waals surface area contributed by atoms with Gasteiger partial charge in [-0.3, -0.25) is 4.68 Å². The van der Waals surface area contributed by atoms with E-state index in [0.717, 1.165) is 35.7 Å². The molecule has 1 heterocycles. The van der Waals surface area contributed by atoms with Gasteiger partial charge in [0, 0.05) is 7.05 Å². The van der Waals surface area contributed by atoms with Crippen molar-refractivity contribution in [2.24, 2.45) is 13.0 Å². The number of aromatic nitrogens is 2. The van der Waals surface area contributed by atoms with Gasteiger partial charge in [-0.25, -0.2) is 0 Å². The van der Waals surface area contributed by atoms with Gasteiger partial charge in [0.15, 0.2) is 0 Å². The molecule has 1 aromatic heterocycles. The first-order chi connectivity index (χ1) is 9.58. The van der Waals surface area contributed by atoms with Crippen LogP contribution in [0.1, 0.15) is 34.3 Å². The molecule has 106 valence electrons. The summed E-state index contributed by atoms with van der Waals surface area (Å²) in [7, 11) is 1.95. The summed E-state index contributed by atoms with van der Waals surface area (Å²) < 4.78 is 1.89. The Balaban J connectivity index is 1.86. The zero-order chi connectivity index (χ0) is 14.3. The van der Waals surface area contributed by atoms with Crippen molar-refractivity contribution in [3.63, 3.8) is 0 Å². The summed E-state index contributed by atoms with van der Waals surface area (Å²) in [5.74, 6) is 0.416. The molecular weight excluding hydrogens is 291 g/mol. The van der Waals surface area contributed by atoms with Crippen LogP contribution in [0.15, 0.2) is 24.3 Å². The second kappa shape index (κ2) is 5.42. The molecule has 0 aliphatic heterocycles. The van der Waals surface area contributed by atoms with E-state index < -0.39 is 0 Å². The number of aryl methyl sites for hydroxylation is 3. The molecule has 0 N–H and O–H groups in total. The number of fused-ring (bicyclic) bond motifs is 1. The lowest BCUT2D eigenvalue weighted by molar-refractivity contribution is 0.430. The van der Waals surface area contributed by atoms with E-state index in [9.17, 15) is 0 Å². The SMILES string of the molecule is Cc1nn(C)c(CC2CCc3ccccc3C2Cl)c1Cl. The fourth-order valence-corrected chi connectivity index (χ4v) is 3.79. The molecule has 20 heavy (non-hydrogen) atoms. The Morgan fingerprint density at radius 3 is 2.80 bits per heavy atom. The maximum Gasteiger partial charge on any atom is 0.0847 e. The van der Waals surface area contributed by atoms with Crippen molar-refractivity contribution < 1.29 is 0 Å². The first-order valence-corrected chi connectivity index (χ1v) is 7.79. The summed E-state index contributed by atoms with van der Waals surface area (Å²) in [6.07, 6.45) is 3.09. The smallest absolute Gasteiger partial charge is 0.0847 e. The number of nitrogens with zero attached hydrogens (tertiary/aromatic N) is 2. The largest absolute Gasteiger partial charge is 0.271 e. The zero-order valence-corrected chi connectivity index (χ0v) is 13.2. The van der Waals surface area contributed by atoms with E-state index in [4.69, 9.17) is 23.2 Å². The molecule has 0 radical (unpaired) electrons. The zero-order valence-electron chi connectivity index (χ0n) is 11.7. The van der Waals surface area contributed by atoms with Crippen LogP contribution >= 0.6 is 23.2 Å². The highest BCUT2D eigenvalue weighted by atomic mass is 35.5. The average Bonchev–Trinajstić information content (AvgIpc) is 2.68. The van der Waals surface area contributed by atoms with Crippen LogP contribution in [0.25, 0.3) is 0 Å². The summed E-state index contributed by atoms with van der Waals surface area (Å²) in [6, 6.07) is 8.49. The van der Waals surface area contributed by atoms with Crippen LogP contribution in [0.2, 0.25) is 5.02 Å². The van der Waals surface area contributed by atoms with Crippen LogP contribution in [-0.2, 0) is 19.9 Å². The fourth-order valence-electron chi connectivity index (χ4n) is 3.13. The maximum absolute atomic E-state index is 6.70.